The van der Waals surface area contributed by atoms with Crippen LogP contribution >= 0.6 is 11.6 Å². The molecule has 0 heterocycles. The maximum Gasteiger partial charge on any atom is 0.314 e. The van der Waals surface area contributed by atoms with Gasteiger partial charge in [-0.2, -0.15) is 0 Å². The largest absolute Gasteiger partial charge is 0.495 e. The van der Waals surface area contributed by atoms with Crippen molar-refractivity contribution in [3.63, 3.8) is 0 Å². The van der Waals surface area contributed by atoms with Crippen LogP contribution in [0.15, 0.2) is 36.4 Å². The van der Waals surface area contributed by atoms with Crippen LogP contribution in [0.5, 0.6) is 5.75 Å². The second-order valence-corrected chi connectivity index (χ2v) is 5.44. The maximum atomic E-state index is 12.1. The molecule has 0 saturated heterocycles. The highest BCUT2D eigenvalue weighted by Gasteiger charge is 2.17. The number of carbonyl (C=O) groups is 2. The Hall–Kier alpha value is -2.53. The van der Waals surface area contributed by atoms with E-state index >= 15 is 0 Å². The Kier molecular flexibility index (Phi) is 5.24. The minimum Gasteiger partial charge on any atom is -0.495 e. The lowest BCUT2D eigenvalue weighted by atomic mass is 10.1. The Morgan fingerprint density at radius 1 is 1.00 bits per heavy atom. The summed E-state index contributed by atoms with van der Waals surface area (Å²) in [5.74, 6) is -1.14. The Morgan fingerprint density at radius 3 is 2.30 bits per heavy atom. The van der Waals surface area contributed by atoms with E-state index in [0.29, 0.717) is 22.1 Å². The van der Waals surface area contributed by atoms with E-state index in [-0.39, 0.29) is 0 Å². The van der Waals surface area contributed by atoms with Gasteiger partial charge in [-0.05, 0) is 49.2 Å². The van der Waals surface area contributed by atoms with Crippen molar-refractivity contribution in [2.24, 2.45) is 0 Å². The van der Waals surface area contributed by atoms with E-state index in [1.807, 2.05) is 26.0 Å². The summed E-state index contributed by atoms with van der Waals surface area (Å²) in [4.78, 5) is 24.1. The van der Waals surface area contributed by atoms with Crippen LogP contribution in [0, 0.1) is 13.8 Å². The molecule has 0 atom stereocenters. The minimum atomic E-state index is -0.800. The Bertz CT molecular complexity index is 759. The van der Waals surface area contributed by atoms with Gasteiger partial charge in [-0.1, -0.05) is 23.7 Å². The number of ether oxygens (including phenoxy) is 1. The van der Waals surface area contributed by atoms with Crippen LogP contribution in [0.4, 0.5) is 11.4 Å². The number of nitrogens with one attached hydrogen (secondary N) is 2. The third kappa shape index (κ3) is 4.02. The van der Waals surface area contributed by atoms with E-state index in [4.69, 9.17) is 16.3 Å². The highest BCUT2D eigenvalue weighted by molar-refractivity contribution is 6.44. The van der Waals surface area contributed by atoms with Gasteiger partial charge >= 0.3 is 11.8 Å². The summed E-state index contributed by atoms with van der Waals surface area (Å²) >= 11 is 5.90. The first-order valence-electron chi connectivity index (χ1n) is 6.94. The van der Waals surface area contributed by atoms with Gasteiger partial charge in [-0.3, -0.25) is 9.59 Å². The number of halogens is 1. The Balaban J connectivity index is 2.13. The number of hydrogen-bond acceptors (Lipinski definition) is 3. The third-order valence-electron chi connectivity index (χ3n) is 3.47. The van der Waals surface area contributed by atoms with Crippen molar-refractivity contribution < 1.29 is 14.3 Å². The van der Waals surface area contributed by atoms with Gasteiger partial charge in [0.05, 0.1) is 12.8 Å². The molecule has 120 valence electrons. The molecule has 0 unspecified atom stereocenters. The number of hydrogen-bond donors (Lipinski definition) is 2. The minimum absolute atomic E-state index is 0.334. The molecule has 2 amide bonds. The van der Waals surface area contributed by atoms with Crippen molar-refractivity contribution in [3.8, 4) is 5.75 Å². The molecule has 0 fully saturated rings. The first kappa shape index (κ1) is 16.8. The van der Waals surface area contributed by atoms with Crippen LogP contribution in [0.2, 0.25) is 5.02 Å². The first-order valence-corrected chi connectivity index (χ1v) is 7.32. The van der Waals surface area contributed by atoms with E-state index in [1.54, 1.807) is 18.2 Å². The summed E-state index contributed by atoms with van der Waals surface area (Å²) in [7, 11) is 1.47. The van der Waals surface area contributed by atoms with Crippen LogP contribution < -0.4 is 15.4 Å². The zero-order chi connectivity index (χ0) is 17.0. The van der Waals surface area contributed by atoms with Crippen LogP contribution in [0.25, 0.3) is 0 Å². The molecule has 0 bridgehead atoms. The number of benzene rings is 2. The van der Waals surface area contributed by atoms with E-state index in [1.165, 1.54) is 13.2 Å². The van der Waals surface area contributed by atoms with Gasteiger partial charge < -0.3 is 15.4 Å². The van der Waals surface area contributed by atoms with E-state index in [9.17, 15) is 9.59 Å². The van der Waals surface area contributed by atoms with Crippen LogP contribution in [-0.4, -0.2) is 18.9 Å². The predicted molar refractivity (Wildman–Crippen MR) is 91.2 cm³/mol. The van der Waals surface area contributed by atoms with Gasteiger partial charge in [0, 0.05) is 10.7 Å². The molecule has 2 N–H and O–H groups in total. The van der Waals surface area contributed by atoms with Gasteiger partial charge in [-0.15, -0.1) is 0 Å². The molecule has 6 heteroatoms. The summed E-state index contributed by atoms with van der Waals surface area (Å²) in [6.45, 7) is 3.81. The summed E-state index contributed by atoms with van der Waals surface area (Å²) in [6, 6.07) is 10.3. The molecule has 0 saturated carbocycles. The number of amides is 2. The van der Waals surface area contributed by atoms with Crippen molar-refractivity contribution in [2.75, 3.05) is 17.7 Å². The average Bonchev–Trinajstić information content (AvgIpc) is 2.52. The lowest BCUT2D eigenvalue weighted by molar-refractivity contribution is -0.133. The number of methoxy groups -OCH3 is 1. The lowest BCUT2D eigenvalue weighted by Crippen LogP contribution is -2.29. The topological polar surface area (TPSA) is 67.4 Å². The summed E-state index contributed by atoms with van der Waals surface area (Å²) in [5.41, 5.74) is 2.87. The molecule has 0 aliphatic rings. The van der Waals surface area contributed by atoms with Gasteiger partial charge in [0.2, 0.25) is 0 Å². The van der Waals surface area contributed by atoms with Gasteiger partial charge in [0.1, 0.15) is 5.75 Å². The molecule has 0 aromatic heterocycles. The van der Waals surface area contributed by atoms with Crippen LogP contribution in [0.3, 0.4) is 0 Å². The molecular weight excluding hydrogens is 316 g/mol. The van der Waals surface area contributed by atoms with E-state index in [2.05, 4.69) is 10.6 Å². The van der Waals surface area contributed by atoms with Crippen molar-refractivity contribution >= 4 is 34.8 Å². The summed E-state index contributed by atoms with van der Waals surface area (Å²) < 4.78 is 5.13. The lowest BCUT2D eigenvalue weighted by Gasteiger charge is -2.12. The predicted octanol–water partition coefficient (Wildman–Crippen LogP) is 3.54. The molecule has 2 aromatic rings. The highest BCUT2D eigenvalue weighted by atomic mass is 35.5. The number of rotatable bonds is 3. The molecule has 0 aliphatic heterocycles. The molecule has 0 radical (unpaired) electrons. The third-order valence-corrected chi connectivity index (χ3v) is 3.70. The van der Waals surface area contributed by atoms with E-state index < -0.39 is 11.8 Å². The van der Waals surface area contributed by atoms with Gasteiger partial charge in [0.15, 0.2) is 0 Å². The normalized spacial score (nSPS) is 10.1. The molecule has 2 rings (SSSR count). The van der Waals surface area contributed by atoms with Crippen molar-refractivity contribution in [2.45, 2.75) is 13.8 Å². The molecule has 23 heavy (non-hydrogen) atoms. The smallest absolute Gasteiger partial charge is 0.314 e. The van der Waals surface area contributed by atoms with Crippen molar-refractivity contribution in [3.05, 3.63) is 52.5 Å². The first-order chi connectivity index (χ1) is 10.9. The summed E-state index contributed by atoms with van der Waals surface area (Å²) in [5, 5.41) is 5.52. The molecule has 0 aliphatic carbocycles. The second-order valence-electron chi connectivity index (χ2n) is 5.00. The maximum absolute atomic E-state index is 12.1. The fourth-order valence-corrected chi connectivity index (χ4v) is 2.19. The van der Waals surface area contributed by atoms with Crippen LogP contribution in [0.1, 0.15) is 11.1 Å². The molecule has 0 spiro atoms. The summed E-state index contributed by atoms with van der Waals surface area (Å²) in [6.07, 6.45) is 0. The highest BCUT2D eigenvalue weighted by Crippen LogP contribution is 2.27. The number of carbonyl (C=O) groups excluding carboxylic acids is 2. The van der Waals surface area contributed by atoms with Gasteiger partial charge in [0.25, 0.3) is 0 Å². The molecule has 2 aromatic carbocycles. The van der Waals surface area contributed by atoms with Crippen molar-refractivity contribution in [1.82, 2.24) is 0 Å². The van der Waals surface area contributed by atoms with Crippen molar-refractivity contribution in [1.29, 1.82) is 0 Å². The number of anilines is 2. The second kappa shape index (κ2) is 7.15. The van der Waals surface area contributed by atoms with Gasteiger partial charge in [-0.25, -0.2) is 0 Å². The SMILES string of the molecule is COc1ccc(Cl)cc1NC(=O)C(=O)Nc1cccc(C)c1C. The quantitative estimate of drug-likeness (QED) is 0.845. The van der Waals surface area contributed by atoms with Crippen LogP contribution in [-0.2, 0) is 9.59 Å². The molecular formula is C17H17ClN2O3. The van der Waals surface area contributed by atoms with E-state index in [0.717, 1.165) is 11.1 Å². The monoisotopic (exact) mass is 332 g/mol. The Morgan fingerprint density at radius 2 is 1.65 bits per heavy atom. The Labute approximate surface area is 139 Å². The standard InChI is InChI=1S/C17H17ClN2O3/c1-10-5-4-6-13(11(10)2)19-16(21)17(22)20-14-9-12(18)7-8-15(14)23-3/h4-9H,1-3H3,(H,19,21)(H,20,22). The average molecular weight is 333 g/mol. The zero-order valence-electron chi connectivity index (χ0n) is 13.1. The zero-order valence-corrected chi connectivity index (χ0v) is 13.8. The number of aryl methyl sites for hydroxylation is 1. The fourth-order valence-electron chi connectivity index (χ4n) is 2.02. The fraction of sp³-hybridized carbons (Fsp3) is 0.176. The molecule has 5 nitrogen and oxygen atoms in total.